The molecule has 0 radical (unpaired) electrons. The Labute approximate surface area is 168 Å². The van der Waals surface area contributed by atoms with Crippen LogP contribution < -0.4 is 5.32 Å². The Bertz CT molecular complexity index is 772. The lowest BCUT2D eigenvalue weighted by Crippen LogP contribution is -2.53. The molecule has 1 saturated heterocycles. The number of fused-ring (bicyclic) bond motifs is 1. The van der Waals surface area contributed by atoms with Crippen LogP contribution in [0.1, 0.15) is 24.0 Å². The highest BCUT2D eigenvalue weighted by Gasteiger charge is 2.29. The molecule has 0 bridgehead atoms. The Morgan fingerprint density at radius 2 is 1.78 bits per heavy atom. The van der Waals surface area contributed by atoms with Gasteiger partial charge in [0.2, 0.25) is 10.0 Å². The van der Waals surface area contributed by atoms with Gasteiger partial charge in [0.05, 0.1) is 4.90 Å². The number of nitrogens with one attached hydrogen (secondary N) is 1. The van der Waals surface area contributed by atoms with Gasteiger partial charge in [0.15, 0.2) is 5.11 Å². The van der Waals surface area contributed by atoms with Gasteiger partial charge in [0.25, 0.3) is 0 Å². The van der Waals surface area contributed by atoms with E-state index >= 15 is 0 Å². The minimum absolute atomic E-state index is 0.434. The third-order valence-corrected chi connectivity index (χ3v) is 7.62. The van der Waals surface area contributed by atoms with Crippen LogP contribution in [0.15, 0.2) is 23.1 Å². The number of hydrogen-bond acceptors (Lipinski definition) is 4. The second-order valence-electron chi connectivity index (χ2n) is 7.56. The number of piperazine rings is 1. The zero-order valence-corrected chi connectivity index (χ0v) is 17.9. The largest absolute Gasteiger partial charge is 0.361 e. The fourth-order valence-corrected chi connectivity index (χ4v) is 5.41. The fraction of sp³-hybridized carbons (Fsp3) is 0.632. The highest BCUT2D eigenvalue weighted by atomic mass is 32.2. The molecule has 1 aromatic carbocycles. The molecule has 0 spiro atoms. The maximum Gasteiger partial charge on any atom is 0.243 e. The Morgan fingerprint density at radius 1 is 1.11 bits per heavy atom. The van der Waals surface area contributed by atoms with Gasteiger partial charge in [-0.1, -0.05) is 6.07 Å². The minimum Gasteiger partial charge on any atom is -0.361 e. The van der Waals surface area contributed by atoms with Gasteiger partial charge in [-0.15, -0.1) is 0 Å². The molecule has 1 N–H and O–H groups in total. The van der Waals surface area contributed by atoms with Crippen molar-refractivity contribution in [2.24, 2.45) is 0 Å². The Balaban J connectivity index is 1.59. The molecular weight excluding hydrogens is 380 g/mol. The summed E-state index contributed by atoms with van der Waals surface area (Å²) in [5, 5.41) is 3.96. The van der Waals surface area contributed by atoms with E-state index in [1.807, 2.05) is 26.2 Å². The summed E-state index contributed by atoms with van der Waals surface area (Å²) in [7, 11) is 0.609. The van der Waals surface area contributed by atoms with Gasteiger partial charge in [-0.2, -0.15) is 4.31 Å². The molecule has 0 saturated carbocycles. The maximum absolute atomic E-state index is 13.0. The molecule has 1 aliphatic heterocycles. The van der Waals surface area contributed by atoms with Crippen molar-refractivity contribution in [2.75, 3.05) is 53.4 Å². The van der Waals surface area contributed by atoms with Gasteiger partial charge < -0.3 is 15.1 Å². The van der Waals surface area contributed by atoms with E-state index in [1.165, 1.54) is 17.5 Å². The first-order valence-corrected chi connectivity index (χ1v) is 11.5. The molecule has 8 heteroatoms. The summed E-state index contributed by atoms with van der Waals surface area (Å²) in [5.41, 5.74) is 2.51. The molecule has 1 heterocycles. The number of hydrogen-bond donors (Lipinski definition) is 1. The molecule has 3 rings (SSSR count). The van der Waals surface area contributed by atoms with E-state index in [9.17, 15) is 8.42 Å². The van der Waals surface area contributed by atoms with Gasteiger partial charge in [0.1, 0.15) is 0 Å². The number of aryl methyl sites for hydroxylation is 2. The highest BCUT2D eigenvalue weighted by Crippen LogP contribution is 2.26. The molecule has 6 nitrogen and oxygen atoms in total. The predicted molar refractivity (Wildman–Crippen MR) is 113 cm³/mol. The Hall–Kier alpha value is -1.22. The highest BCUT2D eigenvalue weighted by molar-refractivity contribution is 7.89. The molecule has 0 atom stereocenters. The predicted octanol–water partition coefficient (Wildman–Crippen LogP) is 1.31. The molecule has 2 aliphatic rings. The summed E-state index contributed by atoms with van der Waals surface area (Å²) in [5.74, 6) is 0. The maximum atomic E-state index is 13.0. The SMILES string of the molecule is CN(C)CCNC(=S)N1CCN(S(=O)(=O)c2ccc3c(c2)CCCC3)CC1. The number of rotatable bonds is 5. The number of nitrogens with zero attached hydrogens (tertiary/aromatic N) is 3. The lowest BCUT2D eigenvalue weighted by molar-refractivity contribution is 0.263. The van der Waals surface area contributed by atoms with Gasteiger partial charge in [-0.05, 0) is 75.3 Å². The van der Waals surface area contributed by atoms with Crippen molar-refractivity contribution in [1.82, 2.24) is 19.4 Å². The number of sulfonamides is 1. The lowest BCUT2D eigenvalue weighted by Gasteiger charge is -2.35. The molecule has 1 aliphatic carbocycles. The van der Waals surface area contributed by atoms with Crippen molar-refractivity contribution in [1.29, 1.82) is 0 Å². The summed E-state index contributed by atoms with van der Waals surface area (Å²) < 4.78 is 27.7. The zero-order valence-electron chi connectivity index (χ0n) is 16.3. The lowest BCUT2D eigenvalue weighted by atomic mass is 9.92. The van der Waals surface area contributed by atoms with E-state index in [0.717, 1.165) is 32.4 Å². The standard InChI is InChI=1S/C19H30N4O2S2/c1-21(2)10-9-20-19(26)22-11-13-23(14-12-22)27(24,25)18-8-7-16-5-3-4-6-17(16)15-18/h7-8,15H,3-6,9-14H2,1-2H3,(H,20,26). The van der Waals surface area contributed by atoms with Crippen LogP contribution >= 0.6 is 12.2 Å². The van der Waals surface area contributed by atoms with E-state index in [2.05, 4.69) is 15.1 Å². The van der Waals surface area contributed by atoms with Crippen LogP contribution in [0.2, 0.25) is 0 Å². The summed E-state index contributed by atoms with van der Waals surface area (Å²) >= 11 is 5.45. The van der Waals surface area contributed by atoms with Crippen LogP contribution in [0.25, 0.3) is 0 Å². The summed E-state index contributed by atoms with van der Waals surface area (Å²) in [6.45, 7) is 3.88. The number of thiocarbonyl (C=S) groups is 1. The first kappa shape index (κ1) is 20.5. The molecule has 0 amide bonds. The summed E-state index contributed by atoms with van der Waals surface area (Å²) in [6.07, 6.45) is 4.39. The van der Waals surface area contributed by atoms with Crippen molar-refractivity contribution in [2.45, 2.75) is 30.6 Å². The van der Waals surface area contributed by atoms with Crippen LogP contribution in [0, 0.1) is 0 Å². The molecule has 0 aromatic heterocycles. The van der Waals surface area contributed by atoms with Crippen molar-refractivity contribution in [3.05, 3.63) is 29.3 Å². The normalized spacial score (nSPS) is 18.4. The van der Waals surface area contributed by atoms with E-state index in [-0.39, 0.29) is 0 Å². The number of likely N-dealkylation sites (N-methyl/N-ethyl adjacent to an activating group) is 1. The average Bonchev–Trinajstić information content (AvgIpc) is 2.67. The first-order chi connectivity index (χ1) is 12.9. The second kappa shape index (κ2) is 8.86. The quantitative estimate of drug-likeness (QED) is 0.739. The van der Waals surface area contributed by atoms with Crippen molar-refractivity contribution < 1.29 is 8.42 Å². The molecule has 150 valence electrons. The van der Waals surface area contributed by atoms with Gasteiger partial charge in [0, 0.05) is 39.3 Å². The van der Waals surface area contributed by atoms with Gasteiger partial charge >= 0.3 is 0 Å². The fourth-order valence-electron chi connectivity index (χ4n) is 3.65. The Morgan fingerprint density at radius 3 is 2.44 bits per heavy atom. The van der Waals surface area contributed by atoms with Crippen LogP contribution in [0.5, 0.6) is 0 Å². The van der Waals surface area contributed by atoms with Crippen LogP contribution in [-0.2, 0) is 22.9 Å². The summed E-state index contributed by atoms with van der Waals surface area (Å²) in [6, 6.07) is 5.67. The minimum atomic E-state index is -3.44. The van der Waals surface area contributed by atoms with E-state index in [0.29, 0.717) is 36.2 Å². The van der Waals surface area contributed by atoms with Crippen molar-refractivity contribution >= 4 is 27.4 Å². The van der Waals surface area contributed by atoms with E-state index in [1.54, 1.807) is 10.4 Å². The van der Waals surface area contributed by atoms with Crippen LogP contribution in [-0.4, -0.2) is 81.0 Å². The third kappa shape index (κ3) is 4.99. The molecule has 0 unspecified atom stereocenters. The second-order valence-corrected chi connectivity index (χ2v) is 9.89. The van der Waals surface area contributed by atoms with Gasteiger partial charge in [-0.25, -0.2) is 8.42 Å². The van der Waals surface area contributed by atoms with Gasteiger partial charge in [-0.3, -0.25) is 0 Å². The van der Waals surface area contributed by atoms with Crippen molar-refractivity contribution in [3.8, 4) is 0 Å². The molecule has 1 aromatic rings. The van der Waals surface area contributed by atoms with Crippen LogP contribution in [0.4, 0.5) is 0 Å². The van der Waals surface area contributed by atoms with Crippen LogP contribution in [0.3, 0.4) is 0 Å². The third-order valence-electron chi connectivity index (χ3n) is 5.32. The molecular formula is C19H30N4O2S2. The molecule has 27 heavy (non-hydrogen) atoms. The summed E-state index contributed by atoms with van der Waals surface area (Å²) in [4.78, 5) is 4.59. The first-order valence-electron chi connectivity index (χ1n) is 9.67. The van der Waals surface area contributed by atoms with E-state index in [4.69, 9.17) is 12.2 Å². The van der Waals surface area contributed by atoms with Crippen molar-refractivity contribution in [3.63, 3.8) is 0 Å². The van der Waals surface area contributed by atoms with E-state index < -0.39 is 10.0 Å². The zero-order chi connectivity index (χ0) is 19.4. The Kier molecular flexibility index (Phi) is 6.73. The smallest absolute Gasteiger partial charge is 0.243 e. The average molecular weight is 411 g/mol. The monoisotopic (exact) mass is 410 g/mol. The molecule has 1 fully saturated rings. The topological polar surface area (TPSA) is 55.9 Å². The number of benzene rings is 1.